The van der Waals surface area contributed by atoms with Crippen molar-refractivity contribution in [3.05, 3.63) is 53.9 Å². The summed E-state index contributed by atoms with van der Waals surface area (Å²) < 4.78 is 10.7. The number of amides is 2. The van der Waals surface area contributed by atoms with Crippen molar-refractivity contribution in [2.24, 2.45) is 5.73 Å². The molecule has 0 fully saturated rings. The molecule has 0 saturated carbocycles. The Morgan fingerprint density at radius 3 is 2.83 bits per heavy atom. The van der Waals surface area contributed by atoms with E-state index in [1.54, 1.807) is 49.4 Å². The fraction of sp³-hybridized carbons (Fsp3) is 0.118. The highest BCUT2D eigenvalue weighted by atomic mass is 16.5. The molecule has 0 unspecified atom stereocenters. The number of anilines is 1. The van der Waals surface area contributed by atoms with E-state index in [9.17, 15) is 9.59 Å². The van der Waals surface area contributed by atoms with Crippen LogP contribution in [0, 0.1) is 6.92 Å². The zero-order valence-corrected chi connectivity index (χ0v) is 12.9. The summed E-state index contributed by atoms with van der Waals surface area (Å²) in [7, 11) is 0. The molecule has 0 bridgehead atoms. The molecule has 3 aromatic rings. The highest BCUT2D eigenvalue weighted by Gasteiger charge is 2.14. The monoisotopic (exact) mass is 325 g/mol. The Balaban J connectivity index is 1.82. The third kappa shape index (κ3) is 3.35. The van der Waals surface area contributed by atoms with E-state index in [1.807, 2.05) is 0 Å². The molecule has 1 heterocycles. The van der Waals surface area contributed by atoms with Crippen LogP contribution in [0.3, 0.4) is 0 Å². The predicted octanol–water partition coefficient (Wildman–Crippen LogP) is 2.25. The fourth-order valence-electron chi connectivity index (χ4n) is 2.25. The van der Waals surface area contributed by atoms with Crippen LogP contribution in [0.5, 0.6) is 5.75 Å². The van der Waals surface area contributed by atoms with Crippen molar-refractivity contribution >= 4 is 28.6 Å². The minimum Gasteiger partial charge on any atom is -0.483 e. The molecule has 1 aromatic heterocycles. The highest BCUT2D eigenvalue weighted by molar-refractivity contribution is 6.06. The van der Waals surface area contributed by atoms with Gasteiger partial charge in [-0.05, 0) is 30.3 Å². The molecule has 3 rings (SSSR count). The normalized spacial score (nSPS) is 10.5. The van der Waals surface area contributed by atoms with Crippen molar-refractivity contribution in [3.63, 3.8) is 0 Å². The molecule has 0 aliphatic heterocycles. The largest absolute Gasteiger partial charge is 0.483 e. The number of nitrogens with zero attached hydrogens (tertiary/aromatic N) is 1. The van der Waals surface area contributed by atoms with E-state index >= 15 is 0 Å². The molecule has 0 radical (unpaired) electrons. The molecule has 7 heteroatoms. The Hall–Kier alpha value is -3.35. The van der Waals surface area contributed by atoms with Gasteiger partial charge in [0.15, 0.2) is 18.1 Å². The van der Waals surface area contributed by atoms with Crippen LogP contribution in [0.15, 0.2) is 46.9 Å². The molecular formula is C17H15N3O4. The van der Waals surface area contributed by atoms with Crippen molar-refractivity contribution in [2.45, 2.75) is 6.92 Å². The number of hydrogen-bond acceptors (Lipinski definition) is 5. The van der Waals surface area contributed by atoms with Gasteiger partial charge in [0.05, 0.1) is 5.56 Å². The molecule has 0 aliphatic rings. The van der Waals surface area contributed by atoms with Gasteiger partial charge in [-0.15, -0.1) is 0 Å². The number of aromatic nitrogens is 1. The van der Waals surface area contributed by atoms with Gasteiger partial charge in [0.1, 0.15) is 11.3 Å². The first-order valence-electron chi connectivity index (χ1n) is 7.21. The summed E-state index contributed by atoms with van der Waals surface area (Å²) in [5, 5.41) is 2.77. The van der Waals surface area contributed by atoms with Gasteiger partial charge in [0.25, 0.3) is 11.8 Å². The molecular weight excluding hydrogens is 310 g/mol. The van der Waals surface area contributed by atoms with Gasteiger partial charge in [0, 0.05) is 12.6 Å². The summed E-state index contributed by atoms with van der Waals surface area (Å²) in [6.45, 7) is 1.46. The molecule has 3 N–H and O–H groups in total. The minimum atomic E-state index is -0.614. The molecule has 0 spiro atoms. The van der Waals surface area contributed by atoms with Crippen LogP contribution in [-0.4, -0.2) is 23.4 Å². The van der Waals surface area contributed by atoms with Gasteiger partial charge < -0.3 is 20.2 Å². The van der Waals surface area contributed by atoms with Gasteiger partial charge in [-0.1, -0.05) is 12.1 Å². The van der Waals surface area contributed by atoms with Crippen molar-refractivity contribution in [1.82, 2.24) is 4.98 Å². The first kappa shape index (κ1) is 15.5. The van der Waals surface area contributed by atoms with Crippen molar-refractivity contribution < 1.29 is 18.7 Å². The first-order valence-corrected chi connectivity index (χ1v) is 7.21. The molecule has 0 atom stereocenters. The summed E-state index contributed by atoms with van der Waals surface area (Å²) in [4.78, 5) is 27.5. The number of nitrogens with two attached hydrogens (primary N) is 1. The maximum atomic E-state index is 12.5. The Bertz CT molecular complexity index is 917. The minimum absolute atomic E-state index is 0.284. The second kappa shape index (κ2) is 6.41. The van der Waals surface area contributed by atoms with Crippen LogP contribution < -0.4 is 15.8 Å². The number of carbonyl (C=O) groups is 2. The standard InChI is InChI=1S/C17H15N3O4/c1-10-19-13-8-11(6-7-15(13)24-10)20-17(22)12-4-2-3-5-14(12)23-9-16(18)21/h2-8H,9H2,1H3,(H2,18,21)(H,20,22). The number of hydrogen-bond donors (Lipinski definition) is 2. The lowest BCUT2D eigenvalue weighted by Gasteiger charge is -2.10. The van der Waals surface area contributed by atoms with E-state index in [2.05, 4.69) is 10.3 Å². The average Bonchev–Trinajstić information content (AvgIpc) is 2.92. The van der Waals surface area contributed by atoms with Crippen LogP contribution in [-0.2, 0) is 4.79 Å². The summed E-state index contributed by atoms with van der Waals surface area (Å²) in [5.41, 5.74) is 7.25. The SMILES string of the molecule is Cc1nc2cc(NC(=O)c3ccccc3OCC(N)=O)ccc2o1. The van der Waals surface area contributed by atoms with Gasteiger partial charge in [-0.2, -0.15) is 0 Å². The van der Waals surface area contributed by atoms with Crippen LogP contribution in [0.4, 0.5) is 5.69 Å². The Morgan fingerprint density at radius 1 is 1.25 bits per heavy atom. The Labute approximate surface area is 137 Å². The van der Waals surface area contributed by atoms with E-state index in [1.165, 1.54) is 0 Å². The van der Waals surface area contributed by atoms with E-state index in [4.69, 9.17) is 14.9 Å². The maximum Gasteiger partial charge on any atom is 0.259 e. The average molecular weight is 325 g/mol. The summed E-state index contributed by atoms with van der Waals surface area (Å²) in [6, 6.07) is 11.8. The third-order valence-corrected chi connectivity index (χ3v) is 3.25. The fourth-order valence-corrected chi connectivity index (χ4v) is 2.25. The number of rotatable bonds is 5. The predicted molar refractivity (Wildman–Crippen MR) is 87.8 cm³/mol. The van der Waals surface area contributed by atoms with Crippen LogP contribution >= 0.6 is 0 Å². The van der Waals surface area contributed by atoms with Crippen molar-refractivity contribution in [2.75, 3.05) is 11.9 Å². The Kier molecular flexibility index (Phi) is 4.15. The lowest BCUT2D eigenvalue weighted by molar-refractivity contribution is -0.119. The molecule has 7 nitrogen and oxygen atoms in total. The number of ether oxygens (including phenoxy) is 1. The summed E-state index contributed by atoms with van der Waals surface area (Å²) in [5.74, 6) is -0.141. The molecule has 0 aliphatic carbocycles. The van der Waals surface area contributed by atoms with E-state index in [0.29, 0.717) is 28.2 Å². The number of nitrogens with one attached hydrogen (secondary N) is 1. The number of fused-ring (bicyclic) bond motifs is 1. The summed E-state index contributed by atoms with van der Waals surface area (Å²) in [6.07, 6.45) is 0. The van der Waals surface area contributed by atoms with Gasteiger partial charge >= 0.3 is 0 Å². The van der Waals surface area contributed by atoms with Crippen LogP contribution in [0.1, 0.15) is 16.2 Å². The number of carbonyl (C=O) groups excluding carboxylic acids is 2. The molecule has 24 heavy (non-hydrogen) atoms. The maximum absolute atomic E-state index is 12.5. The molecule has 2 amide bonds. The van der Waals surface area contributed by atoms with Gasteiger partial charge in [-0.25, -0.2) is 4.98 Å². The van der Waals surface area contributed by atoms with Gasteiger partial charge in [-0.3, -0.25) is 9.59 Å². The van der Waals surface area contributed by atoms with E-state index in [-0.39, 0.29) is 18.3 Å². The quantitative estimate of drug-likeness (QED) is 0.748. The topological polar surface area (TPSA) is 107 Å². The number of benzene rings is 2. The summed E-state index contributed by atoms with van der Waals surface area (Å²) >= 11 is 0. The van der Waals surface area contributed by atoms with Crippen LogP contribution in [0.2, 0.25) is 0 Å². The molecule has 2 aromatic carbocycles. The van der Waals surface area contributed by atoms with Crippen molar-refractivity contribution in [1.29, 1.82) is 0 Å². The number of aryl methyl sites for hydroxylation is 1. The Morgan fingerprint density at radius 2 is 2.04 bits per heavy atom. The van der Waals surface area contributed by atoms with E-state index in [0.717, 1.165) is 0 Å². The zero-order valence-electron chi connectivity index (χ0n) is 12.9. The first-order chi connectivity index (χ1) is 11.5. The number of oxazole rings is 1. The van der Waals surface area contributed by atoms with Gasteiger partial charge in [0.2, 0.25) is 0 Å². The second-order valence-electron chi connectivity index (χ2n) is 5.12. The lowest BCUT2D eigenvalue weighted by Crippen LogP contribution is -2.21. The van der Waals surface area contributed by atoms with Crippen molar-refractivity contribution in [3.8, 4) is 5.75 Å². The van der Waals surface area contributed by atoms with E-state index < -0.39 is 5.91 Å². The van der Waals surface area contributed by atoms with Crippen LogP contribution in [0.25, 0.3) is 11.1 Å². The lowest BCUT2D eigenvalue weighted by atomic mass is 10.2. The third-order valence-electron chi connectivity index (χ3n) is 3.25. The molecule has 122 valence electrons. The highest BCUT2D eigenvalue weighted by Crippen LogP contribution is 2.22. The molecule has 0 saturated heterocycles. The smallest absolute Gasteiger partial charge is 0.259 e. The number of para-hydroxylation sites is 1. The number of primary amides is 1. The zero-order chi connectivity index (χ0) is 17.1. The second-order valence-corrected chi connectivity index (χ2v) is 5.12.